The summed E-state index contributed by atoms with van der Waals surface area (Å²) in [6.45, 7) is 5.43. The van der Waals surface area contributed by atoms with Crippen LogP contribution in [0.3, 0.4) is 0 Å². The first-order valence-corrected chi connectivity index (χ1v) is 6.42. The molecule has 2 nitrogen and oxygen atoms in total. The van der Waals surface area contributed by atoms with Gasteiger partial charge < -0.3 is 10.0 Å². The minimum atomic E-state index is -0.501. The van der Waals surface area contributed by atoms with Crippen molar-refractivity contribution in [2.24, 2.45) is 0 Å². The summed E-state index contributed by atoms with van der Waals surface area (Å²) in [5, 5.41) is 9.73. The third-order valence-electron chi connectivity index (χ3n) is 3.59. The van der Waals surface area contributed by atoms with Crippen molar-refractivity contribution in [2.45, 2.75) is 32.1 Å². The van der Waals surface area contributed by atoms with Crippen molar-refractivity contribution in [3.05, 3.63) is 29.6 Å². The van der Waals surface area contributed by atoms with Crippen molar-refractivity contribution in [1.29, 1.82) is 0 Å². The molecule has 0 unspecified atom stereocenters. The van der Waals surface area contributed by atoms with E-state index in [1.807, 2.05) is 6.07 Å². The lowest BCUT2D eigenvalue weighted by Gasteiger charge is -2.32. The first kappa shape index (κ1) is 12.4. The molecule has 0 aliphatic carbocycles. The van der Waals surface area contributed by atoms with E-state index in [1.165, 1.54) is 12.5 Å². The molecule has 0 radical (unpaired) electrons. The number of likely N-dealkylation sites (tertiary alicyclic amines) is 1. The van der Waals surface area contributed by atoms with Crippen LogP contribution in [-0.2, 0) is 0 Å². The molecule has 0 amide bonds. The molecule has 1 aliphatic rings. The van der Waals surface area contributed by atoms with Gasteiger partial charge in [-0.25, -0.2) is 4.39 Å². The third-order valence-corrected chi connectivity index (χ3v) is 3.59. The van der Waals surface area contributed by atoms with Crippen LogP contribution in [0.15, 0.2) is 18.2 Å². The van der Waals surface area contributed by atoms with Gasteiger partial charge in [0.25, 0.3) is 0 Å². The molecule has 0 bridgehead atoms. The van der Waals surface area contributed by atoms with Gasteiger partial charge in [0.05, 0.1) is 0 Å². The Morgan fingerprint density at radius 2 is 2.06 bits per heavy atom. The Kier molecular flexibility index (Phi) is 4.00. The first-order chi connectivity index (χ1) is 8.22. The van der Waals surface area contributed by atoms with Crippen molar-refractivity contribution in [2.75, 3.05) is 19.6 Å². The molecule has 1 saturated heterocycles. The van der Waals surface area contributed by atoms with Crippen LogP contribution in [-0.4, -0.2) is 29.6 Å². The first-order valence-electron chi connectivity index (χ1n) is 6.42. The van der Waals surface area contributed by atoms with Crippen LogP contribution in [0.1, 0.15) is 37.7 Å². The van der Waals surface area contributed by atoms with E-state index in [2.05, 4.69) is 11.8 Å². The molecule has 1 aromatic carbocycles. The Balaban J connectivity index is 2.03. The maximum absolute atomic E-state index is 13.3. The second-order valence-electron chi connectivity index (χ2n) is 4.79. The number of nitrogens with zero attached hydrogens (tertiary/aromatic N) is 1. The number of halogens is 1. The lowest BCUT2D eigenvalue weighted by molar-refractivity contribution is 0.211. The highest BCUT2D eigenvalue weighted by Crippen LogP contribution is 2.34. The molecular formula is C14H20FNO. The van der Waals surface area contributed by atoms with Gasteiger partial charge in [0.2, 0.25) is 0 Å². The molecule has 1 N–H and O–H groups in total. The van der Waals surface area contributed by atoms with Gasteiger partial charge in [-0.15, -0.1) is 0 Å². The van der Waals surface area contributed by atoms with Gasteiger partial charge in [0, 0.05) is 5.56 Å². The van der Waals surface area contributed by atoms with Crippen LogP contribution in [0.5, 0.6) is 5.75 Å². The Hall–Kier alpha value is -1.09. The number of rotatable bonds is 3. The number of benzene rings is 1. The zero-order chi connectivity index (χ0) is 12.3. The van der Waals surface area contributed by atoms with E-state index in [0.29, 0.717) is 5.92 Å². The topological polar surface area (TPSA) is 23.5 Å². The van der Waals surface area contributed by atoms with Gasteiger partial charge >= 0.3 is 0 Å². The van der Waals surface area contributed by atoms with Crippen molar-refractivity contribution in [3.8, 4) is 5.75 Å². The molecule has 2 rings (SSSR count). The third kappa shape index (κ3) is 2.78. The number of phenols is 1. The maximum atomic E-state index is 13.3. The SMILES string of the molecule is CCCN1CCC(c2cccc(F)c2O)CC1. The minimum absolute atomic E-state index is 0.151. The monoisotopic (exact) mass is 237 g/mol. The van der Waals surface area contributed by atoms with Gasteiger partial charge in [-0.3, -0.25) is 0 Å². The number of hydrogen-bond donors (Lipinski definition) is 1. The lowest BCUT2D eigenvalue weighted by Crippen LogP contribution is -2.33. The van der Waals surface area contributed by atoms with E-state index in [4.69, 9.17) is 0 Å². The van der Waals surface area contributed by atoms with E-state index in [9.17, 15) is 9.50 Å². The molecular weight excluding hydrogens is 217 g/mol. The Bertz CT molecular complexity index is 372. The predicted octanol–water partition coefficient (Wildman–Crippen LogP) is 3.12. The highest BCUT2D eigenvalue weighted by molar-refractivity contribution is 5.36. The van der Waals surface area contributed by atoms with Crippen molar-refractivity contribution >= 4 is 0 Å². The second-order valence-corrected chi connectivity index (χ2v) is 4.79. The van der Waals surface area contributed by atoms with Gasteiger partial charge in [0.15, 0.2) is 11.6 Å². The van der Waals surface area contributed by atoms with Crippen LogP contribution >= 0.6 is 0 Å². The highest BCUT2D eigenvalue weighted by Gasteiger charge is 2.23. The predicted molar refractivity (Wildman–Crippen MR) is 66.8 cm³/mol. The van der Waals surface area contributed by atoms with E-state index in [-0.39, 0.29) is 5.75 Å². The lowest BCUT2D eigenvalue weighted by atomic mass is 9.88. The van der Waals surface area contributed by atoms with Gasteiger partial charge in [-0.05, 0) is 50.9 Å². The van der Waals surface area contributed by atoms with E-state index < -0.39 is 5.82 Å². The minimum Gasteiger partial charge on any atom is -0.505 e. The van der Waals surface area contributed by atoms with Gasteiger partial charge in [-0.1, -0.05) is 19.1 Å². The number of phenolic OH excluding ortho intramolecular Hbond substituents is 1. The van der Waals surface area contributed by atoms with Gasteiger partial charge in [0.1, 0.15) is 0 Å². The molecule has 94 valence electrons. The highest BCUT2D eigenvalue weighted by atomic mass is 19.1. The van der Waals surface area contributed by atoms with E-state index in [0.717, 1.165) is 38.0 Å². The summed E-state index contributed by atoms with van der Waals surface area (Å²) in [6, 6.07) is 4.84. The zero-order valence-corrected chi connectivity index (χ0v) is 10.3. The molecule has 0 saturated carbocycles. The molecule has 0 aromatic heterocycles. The summed E-state index contributed by atoms with van der Waals surface area (Å²) in [5.74, 6) is -0.348. The molecule has 0 atom stereocenters. The fraction of sp³-hybridized carbons (Fsp3) is 0.571. The summed E-state index contributed by atoms with van der Waals surface area (Å²) in [5.41, 5.74) is 0.779. The van der Waals surface area contributed by atoms with Crippen molar-refractivity contribution in [1.82, 2.24) is 4.90 Å². The van der Waals surface area contributed by atoms with Crippen LogP contribution in [0.4, 0.5) is 4.39 Å². The van der Waals surface area contributed by atoms with E-state index in [1.54, 1.807) is 6.07 Å². The van der Waals surface area contributed by atoms with Crippen molar-refractivity contribution < 1.29 is 9.50 Å². The maximum Gasteiger partial charge on any atom is 0.165 e. The van der Waals surface area contributed by atoms with Crippen molar-refractivity contribution in [3.63, 3.8) is 0 Å². The number of aromatic hydroxyl groups is 1. The van der Waals surface area contributed by atoms with Crippen LogP contribution in [0.25, 0.3) is 0 Å². The molecule has 0 spiro atoms. The number of piperidine rings is 1. The average molecular weight is 237 g/mol. The molecule has 1 heterocycles. The summed E-state index contributed by atoms with van der Waals surface area (Å²) in [6.07, 6.45) is 3.20. The standard InChI is InChI=1S/C14H20FNO/c1-2-8-16-9-6-11(7-10-16)12-4-3-5-13(15)14(12)17/h3-5,11,17H,2,6-10H2,1H3. The zero-order valence-electron chi connectivity index (χ0n) is 10.3. The van der Waals surface area contributed by atoms with Crippen LogP contribution < -0.4 is 0 Å². The summed E-state index contributed by atoms with van der Waals surface area (Å²) < 4.78 is 13.3. The summed E-state index contributed by atoms with van der Waals surface area (Å²) in [7, 11) is 0. The molecule has 1 aromatic rings. The quantitative estimate of drug-likeness (QED) is 0.873. The Morgan fingerprint density at radius 1 is 1.35 bits per heavy atom. The fourth-order valence-corrected chi connectivity index (χ4v) is 2.65. The Morgan fingerprint density at radius 3 is 2.71 bits per heavy atom. The van der Waals surface area contributed by atoms with Crippen LogP contribution in [0.2, 0.25) is 0 Å². The van der Waals surface area contributed by atoms with Gasteiger partial charge in [-0.2, -0.15) is 0 Å². The molecule has 17 heavy (non-hydrogen) atoms. The molecule has 3 heteroatoms. The summed E-state index contributed by atoms with van der Waals surface area (Å²) >= 11 is 0. The second kappa shape index (κ2) is 5.50. The normalized spacial score (nSPS) is 18.5. The fourth-order valence-electron chi connectivity index (χ4n) is 2.65. The smallest absolute Gasteiger partial charge is 0.165 e. The number of hydrogen-bond acceptors (Lipinski definition) is 2. The molecule has 1 aliphatic heterocycles. The average Bonchev–Trinajstić information content (AvgIpc) is 2.34. The van der Waals surface area contributed by atoms with Crippen LogP contribution in [0, 0.1) is 5.82 Å². The summed E-state index contributed by atoms with van der Waals surface area (Å²) in [4.78, 5) is 2.44. The van der Waals surface area contributed by atoms with E-state index >= 15 is 0 Å². The largest absolute Gasteiger partial charge is 0.505 e. The Labute approximate surface area is 102 Å². The number of para-hydroxylation sites is 1. The molecule has 1 fully saturated rings.